The predicted octanol–water partition coefficient (Wildman–Crippen LogP) is 6.05. The van der Waals surface area contributed by atoms with Gasteiger partial charge in [-0.05, 0) is 44.2 Å². The second kappa shape index (κ2) is 9.06. The van der Waals surface area contributed by atoms with Gasteiger partial charge < -0.3 is 4.90 Å². The third kappa shape index (κ3) is 4.18. The number of nitrogens with zero attached hydrogens (tertiary/aromatic N) is 5. The number of fused-ring (bicyclic) bond motifs is 1. The van der Waals surface area contributed by atoms with Crippen LogP contribution >= 0.6 is 34.8 Å². The van der Waals surface area contributed by atoms with Gasteiger partial charge in [-0.2, -0.15) is 5.10 Å². The topological polar surface area (TPSA) is 63.9 Å². The standard InChI is InChI=1S/C23H20Cl3N5O/c1-4-31-13(2)14(11-27-31)12-30(3)23(32)21-17-10-15(24)8-9-19(17)28-22(29-21)16-6-5-7-18(25)20(16)26/h5-11H,4,12H2,1-3H3. The van der Waals surface area contributed by atoms with Crippen LogP contribution in [0.5, 0.6) is 0 Å². The zero-order valence-electron chi connectivity index (χ0n) is 17.7. The first-order valence-electron chi connectivity index (χ1n) is 9.98. The molecule has 0 bridgehead atoms. The Balaban J connectivity index is 1.80. The fourth-order valence-electron chi connectivity index (χ4n) is 3.53. The molecule has 4 rings (SSSR count). The highest BCUT2D eigenvalue weighted by Crippen LogP contribution is 2.33. The predicted molar refractivity (Wildman–Crippen MR) is 128 cm³/mol. The Morgan fingerprint density at radius 2 is 1.91 bits per heavy atom. The van der Waals surface area contributed by atoms with E-state index in [4.69, 9.17) is 34.8 Å². The van der Waals surface area contributed by atoms with Crippen LogP contribution in [0.2, 0.25) is 15.1 Å². The highest BCUT2D eigenvalue weighted by atomic mass is 35.5. The van der Waals surface area contributed by atoms with Crippen LogP contribution in [-0.2, 0) is 13.1 Å². The van der Waals surface area contributed by atoms with Gasteiger partial charge in [0, 0.05) is 47.4 Å². The summed E-state index contributed by atoms with van der Waals surface area (Å²) in [6.07, 6.45) is 1.79. The number of hydrogen-bond acceptors (Lipinski definition) is 4. The van der Waals surface area contributed by atoms with Crippen molar-refractivity contribution < 1.29 is 4.79 Å². The van der Waals surface area contributed by atoms with Gasteiger partial charge in [-0.3, -0.25) is 9.48 Å². The molecule has 164 valence electrons. The Kier molecular flexibility index (Phi) is 6.38. The quantitative estimate of drug-likeness (QED) is 0.343. The van der Waals surface area contributed by atoms with Gasteiger partial charge in [0.25, 0.3) is 5.91 Å². The van der Waals surface area contributed by atoms with Gasteiger partial charge in [-0.25, -0.2) is 9.97 Å². The minimum atomic E-state index is -0.261. The third-order valence-corrected chi connectivity index (χ3v) is 6.37. The lowest BCUT2D eigenvalue weighted by Gasteiger charge is -2.18. The molecule has 9 heteroatoms. The van der Waals surface area contributed by atoms with Crippen LogP contribution in [0.4, 0.5) is 0 Å². The average Bonchev–Trinajstić information content (AvgIpc) is 3.13. The first-order valence-corrected chi connectivity index (χ1v) is 11.1. The monoisotopic (exact) mass is 487 g/mol. The molecule has 0 spiro atoms. The number of aromatic nitrogens is 4. The molecule has 0 saturated heterocycles. The first kappa shape index (κ1) is 22.5. The van der Waals surface area contributed by atoms with Crippen LogP contribution in [0.1, 0.15) is 28.7 Å². The number of hydrogen-bond donors (Lipinski definition) is 0. The number of carbonyl (C=O) groups is 1. The summed E-state index contributed by atoms with van der Waals surface area (Å²) in [5.41, 5.74) is 3.37. The smallest absolute Gasteiger partial charge is 0.273 e. The van der Waals surface area contributed by atoms with Crippen molar-refractivity contribution in [3.05, 3.63) is 74.6 Å². The summed E-state index contributed by atoms with van der Waals surface area (Å²) >= 11 is 18.8. The molecule has 0 saturated carbocycles. The Hall–Kier alpha value is -2.67. The van der Waals surface area contributed by atoms with Crippen molar-refractivity contribution >= 4 is 51.6 Å². The Bertz CT molecular complexity index is 1330. The molecule has 2 aromatic carbocycles. The van der Waals surface area contributed by atoms with Crippen molar-refractivity contribution in [1.29, 1.82) is 0 Å². The van der Waals surface area contributed by atoms with Gasteiger partial charge in [-0.1, -0.05) is 40.9 Å². The van der Waals surface area contributed by atoms with Crippen LogP contribution in [0, 0.1) is 6.92 Å². The number of amides is 1. The van der Waals surface area contributed by atoms with Gasteiger partial charge in [0.2, 0.25) is 0 Å². The molecule has 0 unspecified atom stereocenters. The maximum absolute atomic E-state index is 13.5. The largest absolute Gasteiger partial charge is 0.336 e. The minimum Gasteiger partial charge on any atom is -0.336 e. The van der Waals surface area contributed by atoms with Gasteiger partial charge in [0.1, 0.15) is 5.69 Å². The third-order valence-electron chi connectivity index (χ3n) is 5.31. The summed E-state index contributed by atoms with van der Waals surface area (Å²) in [6, 6.07) is 10.4. The minimum absolute atomic E-state index is 0.242. The zero-order valence-corrected chi connectivity index (χ0v) is 20.0. The summed E-state index contributed by atoms with van der Waals surface area (Å²) < 4.78 is 1.90. The van der Waals surface area contributed by atoms with E-state index in [1.165, 1.54) is 0 Å². The maximum Gasteiger partial charge on any atom is 0.273 e. The summed E-state index contributed by atoms with van der Waals surface area (Å²) in [5.74, 6) is 0.0572. The van der Waals surface area contributed by atoms with Crippen LogP contribution in [-0.4, -0.2) is 37.6 Å². The van der Waals surface area contributed by atoms with Gasteiger partial charge in [-0.15, -0.1) is 0 Å². The molecule has 2 aromatic heterocycles. The number of rotatable bonds is 5. The lowest BCUT2D eigenvalue weighted by Crippen LogP contribution is -2.27. The van der Waals surface area contributed by atoms with E-state index in [2.05, 4.69) is 15.1 Å². The molecule has 0 atom stereocenters. The Morgan fingerprint density at radius 3 is 2.62 bits per heavy atom. The lowest BCUT2D eigenvalue weighted by molar-refractivity contribution is 0.0781. The summed E-state index contributed by atoms with van der Waals surface area (Å²) in [6.45, 7) is 5.17. The number of carbonyl (C=O) groups excluding carboxylic acids is 1. The van der Waals surface area contributed by atoms with E-state index in [-0.39, 0.29) is 11.6 Å². The lowest BCUT2D eigenvalue weighted by atomic mass is 10.1. The number of aryl methyl sites for hydroxylation is 1. The van der Waals surface area contributed by atoms with E-state index < -0.39 is 0 Å². The molecule has 0 fully saturated rings. The second-order valence-electron chi connectivity index (χ2n) is 7.39. The van der Waals surface area contributed by atoms with Crippen LogP contribution in [0.15, 0.2) is 42.6 Å². The zero-order chi connectivity index (χ0) is 23.0. The molecule has 2 heterocycles. The van der Waals surface area contributed by atoms with Crippen molar-refractivity contribution in [3.63, 3.8) is 0 Å². The van der Waals surface area contributed by atoms with Gasteiger partial charge in [0.15, 0.2) is 5.82 Å². The molecule has 0 aliphatic carbocycles. The first-order chi connectivity index (χ1) is 15.3. The Morgan fingerprint density at radius 1 is 1.12 bits per heavy atom. The fourth-order valence-corrected chi connectivity index (χ4v) is 4.09. The van der Waals surface area contributed by atoms with E-state index in [0.717, 1.165) is 17.8 Å². The highest BCUT2D eigenvalue weighted by molar-refractivity contribution is 6.43. The van der Waals surface area contributed by atoms with Crippen molar-refractivity contribution in [1.82, 2.24) is 24.6 Å². The summed E-state index contributed by atoms with van der Waals surface area (Å²) in [5, 5.41) is 6.14. The van der Waals surface area contributed by atoms with Crippen molar-refractivity contribution in [3.8, 4) is 11.4 Å². The molecule has 0 aliphatic heterocycles. The fraction of sp³-hybridized carbons (Fsp3) is 0.217. The second-order valence-corrected chi connectivity index (χ2v) is 8.61. The highest BCUT2D eigenvalue weighted by Gasteiger charge is 2.22. The molecule has 4 aromatic rings. The number of benzene rings is 2. The van der Waals surface area contributed by atoms with Gasteiger partial charge in [0.05, 0.1) is 21.8 Å². The SMILES string of the molecule is CCn1ncc(CN(C)C(=O)c2nc(-c3cccc(Cl)c3Cl)nc3ccc(Cl)cc23)c1C. The summed E-state index contributed by atoms with van der Waals surface area (Å²) in [4.78, 5) is 24.3. The molecule has 1 amide bonds. The molecule has 0 aliphatic rings. The van der Waals surface area contributed by atoms with E-state index in [1.807, 2.05) is 18.5 Å². The van der Waals surface area contributed by atoms with E-state index >= 15 is 0 Å². The molecule has 0 N–H and O–H groups in total. The molecule has 6 nitrogen and oxygen atoms in total. The molecular weight excluding hydrogens is 469 g/mol. The normalized spacial score (nSPS) is 11.2. The molecule has 0 radical (unpaired) electrons. The van der Waals surface area contributed by atoms with E-state index in [9.17, 15) is 4.79 Å². The number of halogens is 3. The van der Waals surface area contributed by atoms with Gasteiger partial charge >= 0.3 is 0 Å². The van der Waals surface area contributed by atoms with E-state index in [1.54, 1.807) is 54.5 Å². The maximum atomic E-state index is 13.5. The van der Waals surface area contributed by atoms with Crippen LogP contribution < -0.4 is 0 Å². The average molecular weight is 489 g/mol. The molecular formula is C23H20Cl3N5O. The Labute approximate surface area is 200 Å². The van der Waals surface area contributed by atoms with E-state index in [0.29, 0.717) is 43.9 Å². The van der Waals surface area contributed by atoms with Crippen LogP contribution in [0.3, 0.4) is 0 Å². The molecule has 32 heavy (non-hydrogen) atoms. The van der Waals surface area contributed by atoms with Crippen molar-refractivity contribution in [2.75, 3.05) is 7.05 Å². The summed E-state index contributed by atoms with van der Waals surface area (Å²) in [7, 11) is 1.73. The van der Waals surface area contributed by atoms with Crippen LogP contribution in [0.25, 0.3) is 22.3 Å². The van der Waals surface area contributed by atoms with Crippen molar-refractivity contribution in [2.45, 2.75) is 26.9 Å². The van der Waals surface area contributed by atoms with Crippen molar-refractivity contribution in [2.24, 2.45) is 0 Å².